The Bertz CT molecular complexity index is 506. The SMILES string of the molecule is O[C@H]1CCN(CCc2ccc3occc3c2)C1. The van der Waals surface area contributed by atoms with E-state index in [1.165, 1.54) is 10.9 Å². The molecule has 0 aliphatic carbocycles. The van der Waals surface area contributed by atoms with Gasteiger partial charge in [0, 0.05) is 25.0 Å². The van der Waals surface area contributed by atoms with E-state index in [9.17, 15) is 5.11 Å². The molecule has 2 aromatic rings. The molecule has 3 rings (SSSR count). The van der Waals surface area contributed by atoms with Crippen LogP contribution in [0.15, 0.2) is 34.9 Å². The predicted octanol–water partition coefficient (Wildman–Crippen LogP) is 2.04. The van der Waals surface area contributed by atoms with E-state index in [0.29, 0.717) is 0 Å². The predicted molar refractivity (Wildman–Crippen MR) is 67.0 cm³/mol. The summed E-state index contributed by atoms with van der Waals surface area (Å²) in [7, 11) is 0. The quantitative estimate of drug-likeness (QED) is 0.878. The number of fused-ring (bicyclic) bond motifs is 1. The van der Waals surface area contributed by atoms with Crippen molar-refractivity contribution in [2.24, 2.45) is 0 Å². The smallest absolute Gasteiger partial charge is 0.133 e. The Morgan fingerprint density at radius 2 is 2.29 bits per heavy atom. The summed E-state index contributed by atoms with van der Waals surface area (Å²) in [6, 6.07) is 8.34. The second-order valence-electron chi connectivity index (χ2n) is 4.79. The van der Waals surface area contributed by atoms with Crippen LogP contribution in [0, 0.1) is 0 Å². The molecule has 0 spiro atoms. The molecule has 1 aromatic carbocycles. The fourth-order valence-electron chi connectivity index (χ4n) is 2.47. The van der Waals surface area contributed by atoms with Crippen LogP contribution in [-0.4, -0.2) is 35.7 Å². The minimum absolute atomic E-state index is 0.119. The van der Waals surface area contributed by atoms with Gasteiger partial charge in [0.25, 0.3) is 0 Å². The van der Waals surface area contributed by atoms with Gasteiger partial charge in [0.05, 0.1) is 12.4 Å². The molecule has 1 aromatic heterocycles. The van der Waals surface area contributed by atoms with Gasteiger partial charge in [-0.3, -0.25) is 0 Å². The van der Waals surface area contributed by atoms with E-state index in [2.05, 4.69) is 17.0 Å². The number of aliphatic hydroxyl groups is 1. The first-order valence-corrected chi connectivity index (χ1v) is 6.18. The lowest BCUT2D eigenvalue weighted by Gasteiger charge is -2.14. The lowest BCUT2D eigenvalue weighted by atomic mass is 10.1. The Balaban J connectivity index is 1.64. The van der Waals surface area contributed by atoms with E-state index < -0.39 is 0 Å². The summed E-state index contributed by atoms with van der Waals surface area (Å²) in [5, 5.41) is 10.6. The number of likely N-dealkylation sites (tertiary alicyclic amines) is 1. The molecule has 17 heavy (non-hydrogen) atoms. The van der Waals surface area contributed by atoms with Crippen LogP contribution in [0.25, 0.3) is 11.0 Å². The number of furan rings is 1. The third-order valence-electron chi connectivity index (χ3n) is 3.48. The van der Waals surface area contributed by atoms with Crippen LogP contribution in [-0.2, 0) is 6.42 Å². The summed E-state index contributed by atoms with van der Waals surface area (Å²) in [4.78, 5) is 2.32. The number of β-amino-alcohol motifs (C(OH)–C–C–N with tert-alkyl or cyclic N) is 1. The maximum Gasteiger partial charge on any atom is 0.133 e. The van der Waals surface area contributed by atoms with Crippen LogP contribution < -0.4 is 0 Å². The first-order valence-electron chi connectivity index (χ1n) is 6.18. The van der Waals surface area contributed by atoms with E-state index in [1.54, 1.807) is 6.26 Å². The number of rotatable bonds is 3. The van der Waals surface area contributed by atoms with Gasteiger partial charge < -0.3 is 14.4 Å². The summed E-state index contributed by atoms with van der Waals surface area (Å²) >= 11 is 0. The van der Waals surface area contributed by atoms with Crippen LogP contribution in [0.2, 0.25) is 0 Å². The number of hydrogen-bond acceptors (Lipinski definition) is 3. The molecule has 1 N–H and O–H groups in total. The molecule has 1 aliphatic heterocycles. The first-order chi connectivity index (χ1) is 8.31. The highest BCUT2D eigenvalue weighted by atomic mass is 16.3. The van der Waals surface area contributed by atoms with Crippen molar-refractivity contribution < 1.29 is 9.52 Å². The van der Waals surface area contributed by atoms with Gasteiger partial charge in [-0.1, -0.05) is 6.07 Å². The van der Waals surface area contributed by atoms with Gasteiger partial charge >= 0.3 is 0 Å². The van der Waals surface area contributed by atoms with E-state index in [4.69, 9.17) is 4.42 Å². The Kier molecular flexibility index (Phi) is 2.87. The largest absolute Gasteiger partial charge is 0.464 e. The summed E-state index contributed by atoms with van der Waals surface area (Å²) in [5.41, 5.74) is 2.28. The maximum atomic E-state index is 9.46. The van der Waals surface area contributed by atoms with E-state index in [1.807, 2.05) is 12.1 Å². The van der Waals surface area contributed by atoms with Crippen LogP contribution in [0.5, 0.6) is 0 Å². The second kappa shape index (κ2) is 4.51. The van der Waals surface area contributed by atoms with Gasteiger partial charge in [0.2, 0.25) is 0 Å². The molecule has 3 nitrogen and oxygen atoms in total. The monoisotopic (exact) mass is 231 g/mol. The topological polar surface area (TPSA) is 36.6 Å². The van der Waals surface area contributed by atoms with Gasteiger partial charge in [0.1, 0.15) is 5.58 Å². The fraction of sp³-hybridized carbons (Fsp3) is 0.429. The van der Waals surface area contributed by atoms with Crippen LogP contribution in [0.1, 0.15) is 12.0 Å². The zero-order valence-corrected chi connectivity index (χ0v) is 9.80. The molecule has 0 unspecified atom stereocenters. The van der Waals surface area contributed by atoms with Gasteiger partial charge in [-0.15, -0.1) is 0 Å². The second-order valence-corrected chi connectivity index (χ2v) is 4.79. The molecule has 90 valence electrons. The molecule has 0 amide bonds. The molecule has 2 heterocycles. The molecular formula is C14H17NO2. The molecule has 0 radical (unpaired) electrons. The number of hydrogen-bond donors (Lipinski definition) is 1. The highest BCUT2D eigenvalue weighted by molar-refractivity contribution is 5.77. The molecule has 1 atom stereocenters. The van der Waals surface area contributed by atoms with Crippen molar-refractivity contribution in [2.45, 2.75) is 18.9 Å². The standard InChI is InChI=1S/C14H17NO2/c16-13-4-7-15(10-13)6-3-11-1-2-14-12(9-11)5-8-17-14/h1-2,5,8-9,13,16H,3-4,6-7,10H2/t13-/m0/s1. The summed E-state index contributed by atoms with van der Waals surface area (Å²) in [5.74, 6) is 0. The molecule has 0 bridgehead atoms. The Hall–Kier alpha value is -1.32. The lowest BCUT2D eigenvalue weighted by Crippen LogP contribution is -2.24. The summed E-state index contributed by atoms with van der Waals surface area (Å²) in [6.07, 6.45) is 3.56. The van der Waals surface area contributed by atoms with Crippen LogP contribution >= 0.6 is 0 Å². The van der Waals surface area contributed by atoms with Gasteiger partial charge in [0.15, 0.2) is 0 Å². The van der Waals surface area contributed by atoms with Crippen molar-refractivity contribution in [3.8, 4) is 0 Å². The lowest BCUT2D eigenvalue weighted by molar-refractivity contribution is 0.177. The van der Waals surface area contributed by atoms with Crippen molar-refractivity contribution in [1.82, 2.24) is 4.90 Å². The maximum absolute atomic E-state index is 9.46. The Morgan fingerprint density at radius 1 is 1.35 bits per heavy atom. The van der Waals surface area contributed by atoms with E-state index >= 15 is 0 Å². The van der Waals surface area contributed by atoms with Crippen molar-refractivity contribution in [3.63, 3.8) is 0 Å². The van der Waals surface area contributed by atoms with Crippen molar-refractivity contribution in [2.75, 3.05) is 19.6 Å². The van der Waals surface area contributed by atoms with Crippen LogP contribution in [0.4, 0.5) is 0 Å². The first kappa shape index (κ1) is 10.8. The van der Waals surface area contributed by atoms with Gasteiger partial charge in [-0.05, 0) is 36.6 Å². The Labute approximate surface area is 101 Å². The highest BCUT2D eigenvalue weighted by Gasteiger charge is 2.19. The number of nitrogens with zero attached hydrogens (tertiary/aromatic N) is 1. The molecule has 1 fully saturated rings. The van der Waals surface area contributed by atoms with E-state index in [0.717, 1.165) is 38.1 Å². The Morgan fingerprint density at radius 3 is 3.12 bits per heavy atom. The van der Waals surface area contributed by atoms with Gasteiger partial charge in [-0.25, -0.2) is 0 Å². The van der Waals surface area contributed by atoms with Crippen molar-refractivity contribution in [1.29, 1.82) is 0 Å². The van der Waals surface area contributed by atoms with Gasteiger partial charge in [-0.2, -0.15) is 0 Å². The minimum Gasteiger partial charge on any atom is -0.464 e. The molecule has 0 saturated carbocycles. The minimum atomic E-state index is -0.119. The normalized spacial score (nSPS) is 21.4. The van der Waals surface area contributed by atoms with E-state index in [-0.39, 0.29) is 6.10 Å². The third kappa shape index (κ3) is 2.35. The summed E-state index contributed by atoms with van der Waals surface area (Å²) < 4.78 is 5.32. The average molecular weight is 231 g/mol. The van der Waals surface area contributed by atoms with Crippen LogP contribution in [0.3, 0.4) is 0 Å². The third-order valence-corrected chi connectivity index (χ3v) is 3.48. The molecule has 3 heteroatoms. The zero-order chi connectivity index (χ0) is 11.7. The average Bonchev–Trinajstić information content (AvgIpc) is 2.94. The highest BCUT2D eigenvalue weighted by Crippen LogP contribution is 2.18. The summed E-state index contributed by atoms with van der Waals surface area (Å²) in [6.45, 7) is 2.88. The van der Waals surface area contributed by atoms with Crippen molar-refractivity contribution >= 4 is 11.0 Å². The number of aliphatic hydroxyl groups excluding tert-OH is 1. The van der Waals surface area contributed by atoms with Crippen molar-refractivity contribution in [3.05, 3.63) is 36.1 Å². The fourth-order valence-corrected chi connectivity index (χ4v) is 2.47. The zero-order valence-electron chi connectivity index (χ0n) is 9.80. The molecular weight excluding hydrogens is 214 g/mol. The molecule has 1 saturated heterocycles. The molecule has 1 aliphatic rings. The number of benzene rings is 1.